The number of aliphatic hydroxyl groups excluding tert-OH is 1. The molecule has 1 aliphatic rings. The van der Waals surface area contributed by atoms with Crippen LogP contribution in [0.3, 0.4) is 0 Å². The summed E-state index contributed by atoms with van der Waals surface area (Å²) in [6.45, 7) is 4.87. The molecule has 0 aliphatic heterocycles. The fourth-order valence-electron chi connectivity index (χ4n) is 2.15. The predicted molar refractivity (Wildman–Crippen MR) is 63.8 cm³/mol. The van der Waals surface area contributed by atoms with Gasteiger partial charge in [-0.3, -0.25) is 4.79 Å². The van der Waals surface area contributed by atoms with Gasteiger partial charge in [0.05, 0.1) is 11.5 Å². The molecule has 0 aromatic rings. The molecule has 4 nitrogen and oxygen atoms in total. The topological polar surface area (TPSA) is 75.3 Å². The fraction of sp³-hybridized carbons (Fsp3) is 0.917. The number of nitrogens with two attached hydrogens (primary N) is 1. The molecule has 1 atom stereocenters. The molecule has 0 aromatic carbocycles. The number of nitrogens with one attached hydrogen (secondary N) is 1. The Labute approximate surface area is 97.6 Å². The molecule has 4 N–H and O–H groups in total. The van der Waals surface area contributed by atoms with E-state index < -0.39 is 6.10 Å². The molecule has 16 heavy (non-hydrogen) atoms. The fourth-order valence-corrected chi connectivity index (χ4v) is 2.15. The Bertz CT molecular complexity index is 232. The van der Waals surface area contributed by atoms with E-state index in [1.807, 2.05) is 0 Å². The van der Waals surface area contributed by atoms with Crippen molar-refractivity contribution in [1.82, 2.24) is 5.32 Å². The van der Waals surface area contributed by atoms with Crippen LogP contribution in [0.15, 0.2) is 0 Å². The molecule has 0 saturated heterocycles. The van der Waals surface area contributed by atoms with E-state index in [-0.39, 0.29) is 11.3 Å². The van der Waals surface area contributed by atoms with Crippen LogP contribution in [0.5, 0.6) is 0 Å². The normalized spacial score (nSPS) is 20.3. The summed E-state index contributed by atoms with van der Waals surface area (Å²) in [6, 6.07) is 0. The summed E-state index contributed by atoms with van der Waals surface area (Å²) in [5.41, 5.74) is 5.30. The van der Waals surface area contributed by atoms with Crippen LogP contribution < -0.4 is 11.1 Å². The first-order valence-electron chi connectivity index (χ1n) is 6.16. The van der Waals surface area contributed by atoms with Gasteiger partial charge in [0, 0.05) is 13.1 Å². The van der Waals surface area contributed by atoms with E-state index in [4.69, 9.17) is 5.73 Å². The number of carbonyl (C=O) groups excluding carboxylic acids is 1. The van der Waals surface area contributed by atoms with Crippen molar-refractivity contribution < 1.29 is 9.90 Å². The molecule has 1 saturated carbocycles. The second-order valence-electron chi connectivity index (χ2n) is 5.33. The smallest absolute Gasteiger partial charge is 0.227 e. The van der Waals surface area contributed by atoms with Crippen molar-refractivity contribution >= 4 is 5.91 Å². The van der Waals surface area contributed by atoms with Gasteiger partial charge in [-0.2, -0.15) is 0 Å². The highest BCUT2D eigenvalue weighted by molar-refractivity contribution is 5.83. The van der Waals surface area contributed by atoms with Gasteiger partial charge in [0.15, 0.2) is 0 Å². The first-order chi connectivity index (χ1) is 7.50. The maximum absolute atomic E-state index is 11.9. The van der Waals surface area contributed by atoms with E-state index in [0.717, 1.165) is 25.7 Å². The number of hydrogen-bond donors (Lipinski definition) is 3. The van der Waals surface area contributed by atoms with Crippen LogP contribution in [-0.2, 0) is 4.79 Å². The van der Waals surface area contributed by atoms with Crippen molar-refractivity contribution in [3.8, 4) is 0 Å². The van der Waals surface area contributed by atoms with Gasteiger partial charge in [-0.15, -0.1) is 0 Å². The van der Waals surface area contributed by atoms with E-state index in [0.29, 0.717) is 19.0 Å². The Balaban J connectivity index is 2.29. The summed E-state index contributed by atoms with van der Waals surface area (Å²) in [5, 5.41) is 12.5. The summed E-state index contributed by atoms with van der Waals surface area (Å²) in [4.78, 5) is 11.9. The minimum atomic E-state index is -0.446. The second kappa shape index (κ2) is 5.64. The Morgan fingerprint density at radius 3 is 2.50 bits per heavy atom. The molecule has 1 rings (SSSR count). The Morgan fingerprint density at radius 2 is 2.12 bits per heavy atom. The monoisotopic (exact) mass is 228 g/mol. The number of rotatable bonds is 6. The van der Waals surface area contributed by atoms with Gasteiger partial charge < -0.3 is 16.2 Å². The van der Waals surface area contributed by atoms with Crippen LogP contribution >= 0.6 is 0 Å². The lowest BCUT2D eigenvalue weighted by molar-refractivity contribution is -0.135. The van der Waals surface area contributed by atoms with Gasteiger partial charge in [-0.25, -0.2) is 0 Å². The molecule has 1 aliphatic carbocycles. The van der Waals surface area contributed by atoms with Gasteiger partial charge in [0.25, 0.3) is 0 Å². The summed E-state index contributed by atoms with van der Waals surface area (Å²) in [5.74, 6) is 0.461. The summed E-state index contributed by atoms with van der Waals surface area (Å²) < 4.78 is 0. The van der Waals surface area contributed by atoms with E-state index in [9.17, 15) is 9.90 Å². The van der Waals surface area contributed by atoms with Crippen molar-refractivity contribution in [2.24, 2.45) is 17.1 Å². The molecule has 0 radical (unpaired) electrons. The summed E-state index contributed by atoms with van der Waals surface area (Å²) in [7, 11) is 0. The lowest BCUT2D eigenvalue weighted by Crippen LogP contribution is -2.51. The zero-order valence-corrected chi connectivity index (χ0v) is 10.3. The molecule has 4 heteroatoms. The van der Waals surface area contributed by atoms with Crippen LogP contribution in [0.1, 0.15) is 39.5 Å². The molecular weight excluding hydrogens is 204 g/mol. The highest BCUT2D eigenvalue weighted by atomic mass is 16.3. The molecule has 0 aromatic heterocycles. The molecule has 94 valence electrons. The SMILES string of the molecule is CC(C)CC(O)CNC(=O)C1(CN)CCC1. The van der Waals surface area contributed by atoms with Gasteiger partial charge in [0.2, 0.25) is 5.91 Å². The molecular formula is C12H24N2O2. The lowest BCUT2D eigenvalue weighted by atomic mass is 9.68. The van der Waals surface area contributed by atoms with E-state index in [1.165, 1.54) is 0 Å². The molecule has 0 bridgehead atoms. The molecule has 1 amide bonds. The van der Waals surface area contributed by atoms with Crippen molar-refractivity contribution in [2.75, 3.05) is 13.1 Å². The van der Waals surface area contributed by atoms with Crippen molar-refractivity contribution in [3.05, 3.63) is 0 Å². The highest BCUT2D eigenvalue weighted by Gasteiger charge is 2.42. The second-order valence-corrected chi connectivity index (χ2v) is 5.33. The average Bonchev–Trinajstić information content (AvgIpc) is 2.12. The number of hydrogen-bond acceptors (Lipinski definition) is 3. The third-order valence-electron chi connectivity index (χ3n) is 3.42. The van der Waals surface area contributed by atoms with Gasteiger partial charge in [-0.1, -0.05) is 20.3 Å². The van der Waals surface area contributed by atoms with E-state index in [2.05, 4.69) is 19.2 Å². The van der Waals surface area contributed by atoms with Crippen LogP contribution in [0.4, 0.5) is 0 Å². The van der Waals surface area contributed by atoms with Gasteiger partial charge in [-0.05, 0) is 25.2 Å². The maximum Gasteiger partial charge on any atom is 0.227 e. The van der Waals surface area contributed by atoms with Crippen LogP contribution in [0.25, 0.3) is 0 Å². The first kappa shape index (κ1) is 13.5. The Kier molecular flexibility index (Phi) is 4.74. The summed E-state index contributed by atoms with van der Waals surface area (Å²) in [6.07, 6.45) is 3.12. The molecule has 0 heterocycles. The first-order valence-corrected chi connectivity index (χ1v) is 6.16. The Morgan fingerprint density at radius 1 is 1.50 bits per heavy atom. The van der Waals surface area contributed by atoms with Gasteiger partial charge in [0.1, 0.15) is 0 Å². The third kappa shape index (κ3) is 3.19. The zero-order valence-electron chi connectivity index (χ0n) is 10.3. The van der Waals surface area contributed by atoms with Crippen LogP contribution in [-0.4, -0.2) is 30.2 Å². The van der Waals surface area contributed by atoms with Crippen molar-refractivity contribution in [2.45, 2.75) is 45.6 Å². The molecule has 0 spiro atoms. The third-order valence-corrected chi connectivity index (χ3v) is 3.42. The molecule has 1 unspecified atom stereocenters. The number of carbonyl (C=O) groups is 1. The minimum absolute atomic E-state index is 0.0176. The van der Waals surface area contributed by atoms with Gasteiger partial charge >= 0.3 is 0 Å². The zero-order chi connectivity index (χ0) is 12.2. The minimum Gasteiger partial charge on any atom is -0.391 e. The van der Waals surface area contributed by atoms with E-state index in [1.54, 1.807) is 0 Å². The maximum atomic E-state index is 11.9. The van der Waals surface area contributed by atoms with Crippen molar-refractivity contribution in [1.29, 1.82) is 0 Å². The van der Waals surface area contributed by atoms with Crippen LogP contribution in [0, 0.1) is 11.3 Å². The molecule has 1 fully saturated rings. The standard InChI is InChI=1S/C12H24N2O2/c1-9(2)6-10(15)7-14-11(16)12(8-13)4-3-5-12/h9-10,15H,3-8,13H2,1-2H3,(H,14,16). The highest BCUT2D eigenvalue weighted by Crippen LogP contribution is 2.39. The quantitative estimate of drug-likeness (QED) is 0.624. The predicted octanol–water partition coefficient (Wildman–Crippen LogP) is 0.639. The lowest BCUT2D eigenvalue weighted by Gasteiger charge is -2.39. The van der Waals surface area contributed by atoms with Crippen molar-refractivity contribution in [3.63, 3.8) is 0 Å². The largest absolute Gasteiger partial charge is 0.391 e. The van der Waals surface area contributed by atoms with E-state index >= 15 is 0 Å². The average molecular weight is 228 g/mol. The Hall–Kier alpha value is -0.610. The number of aliphatic hydroxyl groups is 1. The van der Waals surface area contributed by atoms with Crippen LogP contribution in [0.2, 0.25) is 0 Å². The summed E-state index contributed by atoms with van der Waals surface area (Å²) >= 11 is 0. The number of amides is 1.